The molecule has 2 aromatic carbocycles. The number of carbonyl (C=O) groups is 1. The van der Waals surface area contributed by atoms with Crippen molar-refractivity contribution in [3.8, 4) is 0 Å². The predicted molar refractivity (Wildman–Crippen MR) is 113 cm³/mol. The number of rotatable bonds is 5. The fraction of sp³-hybridized carbons (Fsp3) is 0.316. The zero-order valence-electron chi connectivity index (χ0n) is 15.4. The lowest BCUT2D eigenvalue weighted by atomic mass is 10.1. The van der Waals surface area contributed by atoms with Crippen LogP contribution in [0, 0.1) is 0 Å². The van der Waals surface area contributed by atoms with Gasteiger partial charge in [0.2, 0.25) is 10.0 Å². The number of amides is 1. The summed E-state index contributed by atoms with van der Waals surface area (Å²) in [7, 11) is -3.12. The van der Waals surface area contributed by atoms with Crippen LogP contribution in [0.25, 0.3) is 0 Å². The van der Waals surface area contributed by atoms with Gasteiger partial charge in [-0.3, -0.25) is 9.69 Å². The van der Waals surface area contributed by atoms with Crippen molar-refractivity contribution in [2.24, 2.45) is 0 Å². The molecule has 9 heteroatoms. The summed E-state index contributed by atoms with van der Waals surface area (Å²) in [6, 6.07) is 12.2. The van der Waals surface area contributed by atoms with Gasteiger partial charge < -0.3 is 5.32 Å². The molecule has 2 aromatic rings. The highest BCUT2D eigenvalue weighted by Crippen LogP contribution is 2.23. The second-order valence-electron chi connectivity index (χ2n) is 6.75. The Kier molecular flexibility index (Phi) is 6.62. The summed E-state index contributed by atoms with van der Waals surface area (Å²) < 4.78 is 24.7. The molecule has 1 N–H and O–H groups in total. The normalized spacial score (nSPS) is 16.1. The molecule has 0 bridgehead atoms. The number of benzene rings is 2. The summed E-state index contributed by atoms with van der Waals surface area (Å²) in [6.45, 7) is 3.09. The molecule has 1 amide bonds. The molecule has 1 aliphatic rings. The highest BCUT2D eigenvalue weighted by Gasteiger charge is 2.23. The Balaban J connectivity index is 1.57. The number of nitrogens with one attached hydrogen (secondary N) is 1. The molecule has 0 unspecified atom stereocenters. The highest BCUT2D eigenvalue weighted by molar-refractivity contribution is 7.88. The first-order valence-electron chi connectivity index (χ1n) is 8.74. The zero-order chi connectivity index (χ0) is 20.3. The van der Waals surface area contributed by atoms with Crippen LogP contribution in [0.5, 0.6) is 0 Å². The molecule has 3 rings (SSSR count). The molecule has 1 fully saturated rings. The minimum atomic E-state index is -3.12. The second kappa shape index (κ2) is 8.80. The molecule has 28 heavy (non-hydrogen) atoms. The maximum absolute atomic E-state index is 12.4. The minimum Gasteiger partial charge on any atom is -0.322 e. The fourth-order valence-corrected chi connectivity index (χ4v) is 4.42. The van der Waals surface area contributed by atoms with Crippen LogP contribution in [0.4, 0.5) is 5.69 Å². The highest BCUT2D eigenvalue weighted by atomic mass is 35.5. The van der Waals surface area contributed by atoms with Gasteiger partial charge in [-0.2, -0.15) is 4.31 Å². The molecule has 150 valence electrons. The first kappa shape index (κ1) is 21.1. The summed E-state index contributed by atoms with van der Waals surface area (Å²) in [6.07, 6.45) is 1.24. The number of carbonyl (C=O) groups excluding carboxylic acids is 1. The minimum absolute atomic E-state index is 0.244. The first-order chi connectivity index (χ1) is 13.2. The summed E-state index contributed by atoms with van der Waals surface area (Å²) in [4.78, 5) is 14.6. The van der Waals surface area contributed by atoms with E-state index in [2.05, 4.69) is 10.2 Å². The Labute approximate surface area is 175 Å². The second-order valence-corrected chi connectivity index (χ2v) is 9.60. The lowest BCUT2D eigenvalue weighted by Crippen LogP contribution is -2.47. The molecule has 1 aliphatic heterocycles. The van der Waals surface area contributed by atoms with Crippen molar-refractivity contribution in [1.29, 1.82) is 0 Å². The topological polar surface area (TPSA) is 69.7 Å². The molecule has 0 radical (unpaired) electrons. The molecular formula is C19H21Cl2N3O3S. The number of sulfonamides is 1. The summed E-state index contributed by atoms with van der Waals surface area (Å²) in [5, 5.41) is 3.68. The van der Waals surface area contributed by atoms with E-state index in [1.165, 1.54) is 10.6 Å². The number of piperazine rings is 1. The molecule has 1 heterocycles. The van der Waals surface area contributed by atoms with Crippen molar-refractivity contribution in [2.45, 2.75) is 6.54 Å². The summed E-state index contributed by atoms with van der Waals surface area (Å²) in [5.41, 5.74) is 2.13. The smallest absolute Gasteiger partial charge is 0.255 e. The van der Waals surface area contributed by atoms with Crippen molar-refractivity contribution >= 4 is 44.8 Å². The van der Waals surface area contributed by atoms with Gasteiger partial charge in [-0.05, 0) is 35.9 Å². The van der Waals surface area contributed by atoms with E-state index < -0.39 is 10.0 Å². The van der Waals surface area contributed by atoms with Crippen LogP contribution in [0.3, 0.4) is 0 Å². The lowest BCUT2D eigenvalue weighted by molar-refractivity contribution is 0.102. The molecule has 0 atom stereocenters. The largest absolute Gasteiger partial charge is 0.322 e. The Morgan fingerprint density at radius 1 is 1.00 bits per heavy atom. The number of nitrogens with zero attached hydrogens (tertiary/aromatic N) is 2. The summed E-state index contributed by atoms with van der Waals surface area (Å²) >= 11 is 11.9. The Morgan fingerprint density at radius 2 is 1.57 bits per heavy atom. The molecule has 0 spiro atoms. The Hall–Kier alpha value is -1.64. The standard InChI is InChI=1S/C19H21Cl2N3O3S/c1-28(26,27)24-8-6-23(7-9-24)13-14-2-4-15(5-3-14)19(25)22-18-11-16(20)10-17(21)12-18/h2-5,10-12H,6-9,13H2,1H3,(H,22,25). The van der Waals surface area contributed by atoms with Gasteiger partial charge in [0.15, 0.2) is 0 Å². The van der Waals surface area contributed by atoms with E-state index in [0.29, 0.717) is 54.0 Å². The van der Waals surface area contributed by atoms with Gasteiger partial charge in [0, 0.05) is 54.0 Å². The third kappa shape index (κ3) is 5.68. The maximum atomic E-state index is 12.4. The first-order valence-corrected chi connectivity index (χ1v) is 11.3. The van der Waals surface area contributed by atoms with E-state index in [-0.39, 0.29) is 5.91 Å². The van der Waals surface area contributed by atoms with Crippen molar-refractivity contribution in [3.63, 3.8) is 0 Å². The average molecular weight is 442 g/mol. The predicted octanol–water partition coefficient (Wildman–Crippen LogP) is 3.32. The van der Waals surface area contributed by atoms with Crippen LogP contribution < -0.4 is 5.32 Å². The van der Waals surface area contributed by atoms with Crippen LogP contribution in [0.1, 0.15) is 15.9 Å². The van der Waals surface area contributed by atoms with Crippen LogP contribution in [0.15, 0.2) is 42.5 Å². The van der Waals surface area contributed by atoms with Gasteiger partial charge in [0.1, 0.15) is 0 Å². The SMILES string of the molecule is CS(=O)(=O)N1CCN(Cc2ccc(C(=O)Nc3cc(Cl)cc(Cl)c3)cc2)CC1. The molecule has 0 aromatic heterocycles. The summed E-state index contributed by atoms with van der Waals surface area (Å²) in [5.74, 6) is -0.244. The third-order valence-electron chi connectivity index (χ3n) is 4.54. The molecule has 6 nitrogen and oxygen atoms in total. The molecule has 1 saturated heterocycles. The number of halogens is 2. The van der Waals surface area contributed by atoms with Crippen molar-refractivity contribution in [1.82, 2.24) is 9.21 Å². The van der Waals surface area contributed by atoms with Crippen LogP contribution >= 0.6 is 23.2 Å². The third-order valence-corrected chi connectivity index (χ3v) is 6.28. The lowest BCUT2D eigenvalue weighted by Gasteiger charge is -2.33. The van der Waals surface area contributed by atoms with E-state index in [0.717, 1.165) is 5.56 Å². The number of hydrogen-bond donors (Lipinski definition) is 1. The van der Waals surface area contributed by atoms with Crippen molar-refractivity contribution in [3.05, 3.63) is 63.6 Å². The van der Waals surface area contributed by atoms with Crippen molar-refractivity contribution in [2.75, 3.05) is 37.8 Å². The van der Waals surface area contributed by atoms with E-state index in [1.54, 1.807) is 30.3 Å². The quantitative estimate of drug-likeness (QED) is 0.772. The monoisotopic (exact) mass is 441 g/mol. The van der Waals surface area contributed by atoms with Gasteiger partial charge in [0.05, 0.1) is 6.26 Å². The van der Waals surface area contributed by atoms with Crippen LogP contribution in [-0.4, -0.2) is 56.0 Å². The fourth-order valence-electron chi connectivity index (χ4n) is 3.07. The van der Waals surface area contributed by atoms with Gasteiger partial charge in [-0.1, -0.05) is 35.3 Å². The van der Waals surface area contributed by atoms with E-state index >= 15 is 0 Å². The van der Waals surface area contributed by atoms with Gasteiger partial charge >= 0.3 is 0 Å². The van der Waals surface area contributed by atoms with Crippen molar-refractivity contribution < 1.29 is 13.2 Å². The van der Waals surface area contributed by atoms with Gasteiger partial charge in [-0.25, -0.2) is 8.42 Å². The Bertz CT molecular complexity index is 937. The number of hydrogen-bond acceptors (Lipinski definition) is 4. The Morgan fingerprint density at radius 3 is 2.11 bits per heavy atom. The zero-order valence-corrected chi connectivity index (χ0v) is 17.7. The molecule has 0 saturated carbocycles. The number of anilines is 1. The van der Waals surface area contributed by atoms with Gasteiger partial charge in [-0.15, -0.1) is 0 Å². The molecule has 0 aliphatic carbocycles. The van der Waals surface area contributed by atoms with E-state index in [1.807, 2.05) is 12.1 Å². The van der Waals surface area contributed by atoms with Crippen LogP contribution in [-0.2, 0) is 16.6 Å². The molecular weight excluding hydrogens is 421 g/mol. The van der Waals surface area contributed by atoms with Crippen LogP contribution in [0.2, 0.25) is 10.0 Å². The maximum Gasteiger partial charge on any atom is 0.255 e. The van der Waals surface area contributed by atoms with Gasteiger partial charge in [0.25, 0.3) is 5.91 Å². The average Bonchev–Trinajstić information content (AvgIpc) is 2.61. The van der Waals surface area contributed by atoms with E-state index in [9.17, 15) is 13.2 Å². The van der Waals surface area contributed by atoms with E-state index in [4.69, 9.17) is 23.2 Å².